The first-order valence-electron chi connectivity index (χ1n) is 7.03. The molecule has 0 bridgehead atoms. The van der Waals surface area contributed by atoms with Gasteiger partial charge in [-0.2, -0.15) is 5.26 Å². The number of piperazine rings is 1. The lowest BCUT2D eigenvalue weighted by Gasteiger charge is -2.33. The minimum absolute atomic E-state index is 0.0307. The van der Waals surface area contributed by atoms with Gasteiger partial charge in [0.15, 0.2) is 0 Å². The number of amides is 3. The van der Waals surface area contributed by atoms with Crippen LogP contribution in [0.2, 0.25) is 0 Å². The van der Waals surface area contributed by atoms with Crippen LogP contribution < -0.4 is 5.32 Å². The highest BCUT2D eigenvalue weighted by Gasteiger charge is 2.26. The number of thiocyanates is 1. The van der Waals surface area contributed by atoms with E-state index in [1.165, 1.54) is 11.8 Å². The van der Waals surface area contributed by atoms with Crippen LogP contribution in [0.5, 0.6) is 0 Å². The van der Waals surface area contributed by atoms with Crippen LogP contribution >= 0.6 is 11.8 Å². The van der Waals surface area contributed by atoms with Crippen LogP contribution in [0.3, 0.4) is 0 Å². The fourth-order valence-corrected chi connectivity index (χ4v) is 2.59. The summed E-state index contributed by atoms with van der Waals surface area (Å²) in [7, 11) is 0. The number of carbonyl (C=O) groups excluding carboxylic acids is 3. The molecule has 1 N–H and O–H groups in total. The summed E-state index contributed by atoms with van der Waals surface area (Å²) in [5.41, 5.74) is 0.494. The summed E-state index contributed by atoms with van der Waals surface area (Å²) in [4.78, 5) is 39.2. The lowest BCUT2D eigenvalue weighted by molar-refractivity contribution is -0.145. The molecular weight excluding hydrogens is 316 g/mol. The first-order chi connectivity index (χ1) is 11.0. The number of nitriles is 1. The number of anilines is 1. The molecule has 7 nitrogen and oxygen atoms in total. The maximum Gasteiger partial charge on any atom is 0.313 e. The van der Waals surface area contributed by atoms with Crippen LogP contribution in [0.15, 0.2) is 29.2 Å². The number of hydrogen-bond acceptors (Lipinski definition) is 5. The van der Waals surface area contributed by atoms with E-state index in [-0.39, 0.29) is 5.91 Å². The lowest BCUT2D eigenvalue weighted by Crippen LogP contribution is -2.52. The molecule has 2 rings (SSSR count). The van der Waals surface area contributed by atoms with Crippen molar-refractivity contribution in [2.24, 2.45) is 0 Å². The average molecular weight is 332 g/mol. The Hall–Kier alpha value is -2.53. The van der Waals surface area contributed by atoms with E-state index in [1.54, 1.807) is 29.2 Å². The van der Waals surface area contributed by atoms with E-state index >= 15 is 0 Å². The van der Waals surface area contributed by atoms with Gasteiger partial charge in [0.25, 0.3) is 0 Å². The molecule has 1 aliphatic heterocycles. The zero-order valence-corrected chi connectivity index (χ0v) is 13.4. The molecule has 1 aromatic carbocycles. The Bertz CT molecular complexity index is 646. The first kappa shape index (κ1) is 16.8. The predicted octanol–water partition coefficient (Wildman–Crippen LogP) is 0.889. The van der Waals surface area contributed by atoms with Crippen molar-refractivity contribution in [2.75, 3.05) is 31.5 Å². The van der Waals surface area contributed by atoms with Gasteiger partial charge in [-0.15, -0.1) is 0 Å². The zero-order valence-electron chi connectivity index (χ0n) is 12.6. The minimum atomic E-state index is -0.707. The van der Waals surface area contributed by atoms with E-state index < -0.39 is 11.8 Å². The summed E-state index contributed by atoms with van der Waals surface area (Å²) in [6.07, 6.45) is 0. The van der Waals surface area contributed by atoms with Crippen LogP contribution in [0.4, 0.5) is 5.69 Å². The molecule has 3 amide bonds. The molecule has 0 saturated carbocycles. The summed E-state index contributed by atoms with van der Waals surface area (Å²) in [6.45, 7) is 3.06. The molecule has 0 atom stereocenters. The van der Waals surface area contributed by atoms with Crippen molar-refractivity contribution in [1.29, 1.82) is 5.26 Å². The zero-order chi connectivity index (χ0) is 16.8. The minimum Gasteiger partial charge on any atom is -0.339 e. The van der Waals surface area contributed by atoms with Crippen LogP contribution in [0.1, 0.15) is 6.92 Å². The number of hydrogen-bond donors (Lipinski definition) is 1. The highest BCUT2D eigenvalue weighted by Crippen LogP contribution is 2.19. The number of carbonyl (C=O) groups is 3. The Kier molecular flexibility index (Phi) is 5.60. The molecular formula is C15H16N4O3S. The molecule has 0 spiro atoms. The molecule has 1 fully saturated rings. The van der Waals surface area contributed by atoms with Gasteiger partial charge >= 0.3 is 11.8 Å². The fraction of sp³-hybridized carbons (Fsp3) is 0.333. The molecule has 0 radical (unpaired) electrons. The van der Waals surface area contributed by atoms with E-state index in [0.29, 0.717) is 31.9 Å². The van der Waals surface area contributed by atoms with Gasteiger partial charge in [-0.05, 0) is 36.0 Å². The van der Waals surface area contributed by atoms with Crippen molar-refractivity contribution in [1.82, 2.24) is 9.80 Å². The third-order valence-electron chi connectivity index (χ3n) is 3.48. The van der Waals surface area contributed by atoms with Crippen LogP contribution in [0.25, 0.3) is 0 Å². The molecule has 8 heteroatoms. The Balaban J connectivity index is 1.89. The van der Waals surface area contributed by atoms with Crippen molar-refractivity contribution < 1.29 is 14.4 Å². The monoisotopic (exact) mass is 332 g/mol. The second kappa shape index (κ2) is 7.65. The van der Waals surface area contributed by atoms with Gasteiger partial charge in [-0.1, -0.05) is 0 Å². The smallest absolute Gasteiger partial charge is 0.313 e. The van der Waals surface area contributed by atoms with Gasteiger partial charge in [-0.3, -0.25) is 14.4 Å². The van der Waals surface area contributed by atoms with E-state index in [1.807, 2.05) is 5.40 Å². The second-order valence-corrected chi connectivity index (χ2v) is 5.83. The summed E-state index contributed by atoms with van der Waals surface area (Å²) >= 11 is 1.02. The van der Waals surface area contributed by atoms with Gasteiger partial charge in [0, 0.05) is 43.7 Å². The quantitative estimate of drug-likeness (QED) is 0.493. The maximum atomic E-state index is 12.1. The van der Waals surface area contributed by atoms with Crippen molar-refractivity contribution in [3.05, 3.63) is 24.3 Å². The summed E-state index contributed by atoms with van der Waals surface area (Å²) in [6, 6.07) is 6.66. The number of benzene rings is 1. The third-order valence-corrected chi connectivity index (χ3v) is 4.08. The van der Waals surface area contributed by atoms with Crippen molar-refractivity contribution in [2.45, 2.75) is 11.8 Å². The normalized spacial score (nSPS) is 14.1. The highest BCUT2D eigenvalue weighted by molar-refractivity contribution is 8.03. The van der Waals surface area contributed by atoms with Crippen LogP contribution in [-0.2, 0) is 14.4 Å². The maximum absolute atomic E-state index is 12.1. The SMILES string of the molecule is CC(=O)N1CCN(C(=O)C(=O)Nc2ccc(SC#N)cc2)CC1. The van der Waals surface area contributed by atoms with Gasteiger partial charge in [0.05, 0.1) is 0 Å². The summed E-state index contributed by atoms with van der Waals surface area (Å²) in [5.74, 6) is -1.34. The predicted molar refractivity (Wildman–Crippen MR) is 85.4 cm³/mol. The topological polar surface area (TPSA) is 93.5 Å². The summed E-state index contributed by atoms with van der Waals surface area (Å²) in [5, 5.41) is 13.1. The van der Waals surface area contributed by atoms with E-state index in [0.717, 1.165) is 16.7 Å². The van der Waals surface area contributed by atoms with E-state index in [4.69, 9.17) is 5.26 Å². The fourth-order valence-electron chi connectivity index (χ4n) is 2.21. The van der Waals surface area contributed by atoms with Gasteiger partial charge in [-0.25, -0.2) is 0 Å². The Morgan fingerprint density at radius 3 is 2.17 bits per heavy atom. The molecule has 0 aromatic heterocycles. The Morgan fingerprint density at radius 2 is 1.65 bits per heavy atom. The Labute approximate surface area is 138 Å². The number of thioether (sulfide) groups is 1. The van der Waals surface area contributed by atoms with Crippen molar-refractivity contribution in [3.63, 3.8) is 0 Å². The van der Waals surface area contributed by atoms with Gasteiger partial charge in [0.2, 0.25) is 5.91 Å². The molecule has 1 heterocycles. The molecule has 1 aromatic rings. The second-order valence-electron chi connectivity index (χ2n) is 4.97. The third kappa shape index (κ3) is 4.47. The molecule has 23 heavy (non-hydrogen) atoms. The number of nitrogens with one attached hydrogen (secondary N) is 1. The van der Waals surface area contributed by atoms with Gasteiger partial charge < -0.3 is 15.1 Å². The Morgan fingerprint density at radius 1 is 1.09 bits per heavy atom. The summed E-state index contributed by atoms with van der Waals surface area (Å²) < 4.78 is 0. The molecule has 1 aliphatic rings. The van der Waals surface area contributed by atoms with E-state index in [2.05, 4.69) is 5.32 Å². The van der Waals surface area contributed by atoms with E-state index in [9.17, 15) is 14.4 Å². The number of nitrogens with zero attached hydrogens (tertiary/aromatic N) is 3. The highest BCUT2D eigenvalue weighted by atomic mass is 32.2. The standard InChI is InChI=1S/C15H16N4O3S/c1-11(20)18-6-8-19(9-7-18)15(22)14(21)17-12-2-4-13(5-3-12)23-10-16/h2-5H,6-9H2,1H3,(H,17,21). The average Bonchev–Trinajstić information content (AvgIpc) is 2.56. The molecule has 120 valence electrons. The van der Waals surface area contributed by atoms with Crippen LogP contribution in [-0.4, -0.2) is 53.7 Å². The molecule has 0 aliphatic carbocycles. The van der Waals surface area contributed by atoms with Crippen molar-refractivity contribution in [3.8, 4) is 5.40 Å². The molecule has 1 saturated heterocycles. The van der Waals surface area contributed by atoms with Crippen LogP contribution in [0, 0.1) is 10.7 Å². The molecule has 0 unspecified atom stereocenters. The van der Waals surface area contributed by atoms with Gasteiger partial charge in [0.1, 0.15) is 5.40 Å². The largest absolute Gasteiger partial charge is 0.339 e. The number of rotatable bonds is 2. The lowest BCUT2D eigenvalue weighted by atomic mass is 10.3. The van der Waals surface area contributed by atoms with Crippen molar-refractivity contribution >= 4 is 35.2 Å². The first-order valence-corrected chi connectivity index (χ1v) is 7.84.